The number of ether oxygens (including phenoxy) is 2. The molecule has 0 bridgehead atoms. The van der Waals surface area contributed by atoms with E-state index in [9.17, 15) is 9.59 Å². The van der Waals surface area contributed by atoms with Gasteiger partial charge in [-0.05, 0) is 6.42 Å². The molecule has 0 aromatic rings. The fraction of sp³-hybridized carbons (Fsp3) is 0.833. The summed E-state index contributed by atoms with van der Waals surface area (Å²) in [5, 5.41) is 13.9. The zero-order valence-electron chi connectivity index (χ0n) is 11.4. The van der Waals surface area contributed by atoms with Crippen LogP contribution in [0.2, 0.25) is 0 Å². The van der Waals surface area contributed by atoms with Crippen molar-refractivity contribution in [2.45, 2.75) is 44.4 Å². The van der Waals surface area contributed by atoms with Gasteiger partial charge in [-0.25, -0.2) is 9.59 Å². The molecule has 1 fully saturated rings. The van der Waals surface area contributed by atoms with Gasteiger partial charge in [0.1, 0.15) is 6.04 Å². The monoisotopic (exact) mass is 274 g/mol. The second kappa shape index (κ2) is 7.30. The van der Waals surface area contributed by atoms with E-state index in [1.807, 2.05) is 6.92 Å². The van der Waals surface area contributed by atoms with Crippen molar-refractivity contribution in [3.05, 3.63) is 0 Å². The molecular formula is C12H22N2O5. The van der Waals surface area contributed by atoms with Crippen molar-refractivity contribution < 1.29 is 24.2 Å². The van der Waals surface area contributed by atoms with E-state index < -0.39 is 23.8 Å². The van der Waals surface area contributed by atoms with Gasteiger partial charge in [0.05, 0.1) is 13.2 Å². The Morgan fingerprint density at radius 1 is 1.37 bits per heavy atom. The van der Waals surface area contributed by atoms with Crippen LogP contribution in [-0.2, 0) is 14.3 Å². The highest BCUT2D eigenvalue weighted by atomic mass is 16.7. The molecule has 0 aromatic carbocycles. The summed E-state index contributed by atoms with van der Waals surface area (Å²) in [4.78, 5) is 22.5. The molecule has 1 atom stereocenters. The number of carboxylic acid groups (broad SMARTS) is 1. The van der Waals surface area contributed by atoms with Crippen LogP contribution >= 0.6 is 0 Å². The smallest absolute Gasteiger partial charge is 0.326 e. The van der Waals surface area contributed by atoms with Crippen molar-refractivity contribution in [1.82, 2.24) is 10.6 Å². The van der Waals surface area contributed by atoms with Crippen molar-refractivity contribution in [2.75, 3.05) is 20.3 Å². The van der Waals surface area contributed by atoms with Gasteiger partial charge in [-0.2, -0.15) is 0 Å². The zero-order valence-corrected chi connectivity index (χ0v) is 11.4. The molecule has 0 radical (unpaired) electrons. The molecule has 0 spiro atoms. The molecule has 1 aliphatic rings. The lowest BCUT2D eigenvalue weighted by atomic mass is 10.00. The fourth-order valence-electron chi connectivity index (χ4n) is 2.05. The number of carbonyl (C=O) groups is 2. The van der Waals surface area contributed by atoms with Crippen LogP contribution in [0.4, 0.5) is 4.79 Å². The van der Waals surface area contributed by atoms with Crippen LogP contribution in [0.3, 0.4) is 0 Å². The number of carbonyl (C=O) groups excluding carboxylic acids is 1. The van der Waals surface area contributed by atoms with Gasteiger partial charge in [0.2, 0.25) is 0 Å². The van der Waals surface area contributed by atoms with E-state index in [-0.39, 0.29) is 6.42 Å². The minimum Gasteiger partial charge on any atom is -0.480 e. The molecule has 3 N–H and O–H groups in total. The fourth-order valence-corrected chi connectivity index (χ4v) is 2.05. The summed E-state index contributed by atoms with van der Waals surface area (Å²) in [6, 6.07) is -1.56. The van der Waals surface area contributed by atoms with Crippen molar-refractivity contribution >= 4 is 12.0 Å². The van der Waals surface area contributed by atoms with Gasteiger partial charge in [-0.3, -0.25) is 0 Å². The van der Waals surface area contributed by atoms with Gasteiger partial charge in [-0.15, -0.1) is 0 Å². The number of carboxylic acids is 1. The van der Waals surface area contributed by atoms with Gasteiger partial charge in [0.15, 0.2) is 5.79 Å². The van der Waals surface area contributed by atoms with Crippen molar-refractivity contribution in [3.63, 3.8) is 0 Å². The quantitative estimate of drug-likeness (QED) is 0.634. The Labute approximate surface area is 112 Å². The van der Waals surface area contributed by atoms with E-state index in [0.717, 1.165) is 12.8 Å². The highest BCUT2D eigenvalue weighted by Gasteiger charge is 2.40. The van der Waals surface area contributed by atoms with Crippen LogP contribution in [0.5, 0.6) is 0 Å². The molecule has 0 unspecified atom stereocenters. The van der Waals surface area contributed by atoms with Crippen LogP contribution < -0.4 is 10.6 Å². The first-order chi connectivity index (χ1) is 9.03. The third-order valence-electron chi connectivity index (χ3n) is 3.07. The zero-order chi connectivity index (χ0) is 14.3. The largest absolute Gasteiger partial charge is 0.480 e. The summed E-state index contributed by atoms with van der Waals surface area (Å²) in [5.74, 6) is -1.99. The molecule has 1 aliphatic heterocycles. The minimum absolute atomic E-state index is 0.107. The lowest BCUT2D eigenvalue weighted by Gasteiger charge is -2.30. The van der Waals surface area contributed by atoms with Crippen molar-refractivity contribution in [1.29, 1.82) is 0 Å². The average molecular weight is 274 g/mol. The van der Waals surface area contributed by atoms with Crippen molar-refractivity contribution in [3.8, 4) is 0 Å². The van der Waals surface area contributed by atoms with E-state index in [1.54, 1.807) is 0 Å². The lowest BCUT2D eigenvalue weighted by molar-refractivity contribution is -0.177. The number of unbranched alkanes of at least 4 members (excludes halogenated alkanes) is 1. The predicted molar refractivity (Wildman–Crippen MR) is 67.8 cm³/mol. The molecule has 7 nitrogen and oxygen atoms in total. The summed E-state index contributed by atoms with van der Waals surface area (Å²) in [7, 11) is 1.43. The molecule has 0 aliphatic carbocycles. The number of rotatable bonds is 7. The van der Waals surface area contributed by atoms with E-state index in [0.29, 0.717) is 19.6 Å². The Morgan fingerprint density at radius 2 is 2.00 bits per heavy atom. The Kier molecular flexibility index (Phi) is 6.04. The second-order valence-corrected chi connectivity index (χ2v) is 4.53. The normalized spacial score (nSPS) is 18.8. The summed E-state index contributed by atoms with van der Waals surface area (Å²) < 4.78 is 11.2. The first kappa shape index (κ1) is 15.7. The number of amides is 2. The maximum absolute atomic E-state index is 11.3. The Hall–Kier alpha value is -1.34. The van der Waals surface area contributed by atoms with Gasteiger partial charge >= 0.3 is 12.0 Å². The third-order valence-corrected chi connectivity index (χ3v) is 3.07. The van der Waals surface area contributed by atoms with E-state index in [4.69, 9.17) is 14.6 Å². The van der Waals surface area contributed by atoms with Gasteiger partial charge in [0.25, 0.3) is 0 Å². The topological polar surface area (TPSA) is 96.9 Å². The third kappa shape index (κ3) is 4.68. The van der Waals surface area contributed by atoms with Gasteiger partial charge in [0, 0.05) is 19.9 Å². The summed E-state index contributed by atoms with van der Waals surface area (Å²) in [6.07, 6.45) is 2.58. The van der Waals surface area contributed by atoms with E-state index >= 15 is 0 Å². The molecule has 2 amide bonds. The highest BCUT2D eigenvalue weighted by molar-refractivity contribution is 5.82. The first-order valence-corrected chi connectivity index (χ1v) is 6.52. The number of aliphatic carboxylic acids is 1. The molecule has 1 heterocycles. The summed E-state index contributed by atoms with van der Waals surface area (Å²) in [6.45, 7) is 2.95. The van der Waals surface area contributed by atoms with Crippen LogP contribution in [-0.4, -0.2) is 49.2 Å². The summed E-state index contributed by atoms with van der Waals surface area (Å²) in [5.41, 5.74) is 0. The Balaban J connectivity index is 2.67. The molecule has 110 valence electrons. The Morgan fingerprint density at radius 3 is 2.47 bits per heavy atom. The molecule has 0 aromatic heterocycles. The van der Waals surface area contributed by atoms with Crippen LogP contribution in [0.1, 0.15) is 32.6 Å². The van der Waals surface area contributed by atoms with Crippen LogP contribution in [0, 0.1) is 0 Å². The van der Waals surface area contributed by atoms with Crippen LogP contribution in [0.15, 0.2) is 0 Å². The average Bonchev–Trinajstić information content (AvgIpc) is 2.84. The number of hydrogen-bond donors (Lipinski definition) is 3. The van der Waals surface area contributed by atoms with Crippen LogP contribution in [0.25, 0.3) is 0 Å². The van der Waals surface area contributed by atoms with Crippen molar-refractivity contribution in [2.24, 2.45) is 0 Å². The standard InChI is InChI=1S/C12H22N2O5/c1-3-4-5-12(18-6-7-19-12)8-9(10(15)16)14-11(17)13-2/h9H,3-8H2,1-2H3,(H,15,16)(H2,13,14,17)/t9-/m1/s1. The highest BCUT2D eigenvalue weighted by Crippen LogP contribution is 2.30. The minimum atomic E-state index is -1.10. The predicted octanol–water partition coefficient (Wildman–Crippen LogP) is 0.692. The molecule has 1 rings (SSSR count). The number of hydrogen-bond acceptors (Lipinski definition) is 4. The lowest BCUT2D eigenvalue weighted by Crippen LogP contribution is -2.49. The summed E-state index contributed by atoms with van der Waals surface area (Å²) >= 11 is 0. The maximum atomic E-state index is 11.3. The Bertz CT molecular complexity index is 315. The first-order valence-electron chi connectivity index (χ1n) is 6.52. The molecule has 0 saturated carbocycles. The number of urea groups is 1. The SMILES string of the molecule is CCCCC1(C[C@@H](NC(=O)NC)C(=O)O)OCCO1. The molecule has 1 saturated heterocycles. The molecule has 19 heavy (non-hydrogen) atoms. The maximum Gasteiger partial charge on any atom is 0.326 e. The number of nitrogens with one attached hydrogen (secondary N) is 2. The van der Waals surface area contributed by atoms with Gasteiger partial charge < -0.3 is 25.2 Å². The second-order valence-electron chi connectivity index (χ2n) is 4.53. The molecule has 7 heteroatoms. The van der Waals surface area contributed by atoms with Gasteiger partial charge in [-0.1, -0.05) is 13.3 Å². The molecular weight excluding hydrogens is 252 g/mol. The van der Waals surface area contributed by atoms with E-state index in [2.05, 4.69) is 10.6 Å². The van der Waals surface area contributed by atoms with E-state index in [1.165, 1.54) is 7.05 Å².